The molecule has 0 unspecified atom stereocenters. The Morgan fingerprint density at radius 3 is 2.59 bits per heavy atom. The van der Waals surface area contributed by atoms with Gasteiger partial charge in [-0.25, -0.2) is 12.8 Å². The highest BCUT2D eigenvalue weighted by atomic mass is 32.2. The average Bonchev–Trinajstić information content (AvgIpc) is 3.17. The lowest BCUT2D eigenvalue weighted by Gasteiger charge is -2.33. The van der Waals surface area contributed by atoms with Gasteiger partial charge in [-0.3, -0.25) is 9.69 Å². The smallest absolute Gasteiger partial charge is 0.243 e. The van der Waals surface area contributed by atoms with Crippen molar-refractivity contribution >= 4 is 27.3 Å². The standard InChI is InChI=1S/C18H22FN3O3S2/c1-14(17-6-3-11-26-17)20-18(23)13-21-7-9-22(10-8-21)27(24,25)16-5-2-4-15(19)12-16/h2-6,11-12,14H,7-10,13H2,1H3,(H,20,23)/t14-/m1/s1. The highest BCUT2D eigenvalue weighted by Gasteiger charge is 2.29. The van der Waals surface area contributed by atoms with Crippen LogP contribution in [0.4, 0.5) is 4.39 Å². The van der Waals surface area contributed by atoms with Crippen molar-refractivity contribution in [1.29, 1.82) is 0 Å². The number of piperazine rings is 1. The first-order valence-corrected chi connectivity index (χ1v) is 11.0. The summed E-state index contributed by atoms with van der Waals surface area (Å²) in [5.74, 6) is -0.663. The molecule has 146 valence electrons. The minimum atomic E-state index is -3.72. The SMILES string of the molecule is C[C@@H](NC(=O)CN1CCN(S(=O)(=O)c2cccc(F)c2)CC1)c1cccs1. The quantitative estimate of drug-likeness (QED) is 0.790. The largest absolute Gasteiger partial charge is 0.348 e. The first-order chi connectivity index (χ1) is 12.9. The van der Waals surface area contributed by atoms with Crippen LogP contribution in [0.2, 0.25) is 0 Å². The average molecular weight is 412 g/mol. The number of carbonyl (C=O) groups is 1. The Balaban J connectivity index is 1.52. The van der Waals surface area contributed by atoms with E-state index in [-0.39, 0.29) is 36.5 Å². The Kier molecular flexibility index (Phi) is 6.25. The van der Waals surface area contributed by atoms with Gasteiger partial charge in [-0.05, 0) is 36.6 Å². The molecule has 1 aliphatic rings. The van der Waals surface area contributed by atoms with E-state index < -0.39 is 15.8 Å². The first kappa shape index (κ1) is 19.9. The molecule has 0 saturated carbocycles. The van der Waals surface area contributed by atoms with Gasteiger partial charge in [-0.2, -0.15) is 4.31 Å². The van der Waals surface area contributed by atoms with Crippen LogP contribution < -0.4 is 5.32 Å². The summed E-state index contributed by atoms with van der Waals surface area (Å²) in [6.07, 6.45) is 0. The summed E-state index contributed by atoms with van der Waals surface area (Å²) in [4.78, 5) is 15.2. The van der Waals surface area contributed by atoms with E-state index in [0.29, 0.717) is 13.1 Å². The van der Waals surface area contributed by atoms with Gasteiger partial charge in [0.2, 0.25) is 15.9 Å². The molecular formula is C18H22FN3O3S2. The van der Waals surface area contributed by atoms with Gasteiger partial charge in [0.25, 0.3) is 0 Å². The third-order valence-electron chi connectivity index (χ3n) is 4.48. The van der Waals surface area contributed by atoms with Crippen molar-refractivity contribution in [2.75, 3.05) is 32.7 Å². The Bertz CT molecular complexity index is 879. The molecule has 1 aliphatic heterocycles. The van der Waals surface area contributed by atoms with E-state index in [4.69, 9.17) is 0 Å². The number of hydrogen-bond acceptors (Lipinski definition) is 5. The maximum Gasteiger partial charge on any atom is 0.243 e. The Hall–Kier alpha value is -1.81. The second-order valence-corrected chi connectivity index (χ2v) is 9.36. The van der Waals surface area contributed by atoms with Gasteiger partial charge in [0.05, 0.1) is 17.5 Å². The second-order valence-electron chi connectivity index (χ2n) is 6.44. The zero-order valence-corrected chi connectivity index (χ0v) is 16.6. The van der Waals surface area contributed by atoms with Crippen LogP contribution >= 0.6 is 11.3 Å². The fourth-order valence-corrected chi connectivity index (χ4v) is 5.19. The lowest BCUT2D eigenvalue weighted by atomic mass is 10.2. The number of rotatable bonds is 6. The van der Waals surface area contributed by atoms with Crippen LogP contribution in [0, 0.1) is 5.82 Å². The van der Waals surface area contributed by atoms with Gasteiger partial charge in [0.1, 0.15) is 5.82 Å². The molecular weight excluding hydrogens is 389 g/mol. The van der Waals surface area contributed by atoms with Crippen LogP contribution in [0.25, 0.3) is 0 Å². The van der Waals surface area contributed by atoms with E-state index in [9.17, 15) is 17.6 Å². The number of benzene rings is 1. The molecule has 1 aromatic carbocycles. The zero-order chi connectivity index (χ0) is 19.4. The number of halogens is 1. The Morgan fingerprint density at radius 2 is 1.96 bits per heavy atom. The zero-order valence-electron chi connectivity index (χ0n) is 15.0. The summed E-state index contributed by atoms with van der Waals surface area (Å²) in [7, 11) is -3.72. The highest BCUT2D eigenvalue weighted by molar-refractivity contribution is 7.89. The molecule has 1 amide bonds. The minimum Gasteiger partial charge on any atom is -0.348 e. The first-order valence-electron chi connectivity index (χ1n) is 8.67. The third kappa shape index (κ3) is 4.92. The molecule has 0 spiro atoms. The predicted octanol–water partition coefficient (Wildman–Crippen LogP) is 2.07. The van der Waals surface area contributed by atoms with Crippen LogP contribution in [0.3, 0.4) is 0 Å². The van der Waals surface area contributed by atoms with Crippen molar-refractivity contribution in [3.63, 3.8) is 0 Å². The molecule has 0 bridgehead atoms. The van der Waals surface area contributed by atoms with Gasteiger partial charge in [0.15, 0.2) is 0 Å². The molecule has 1 saturated heterocycles. The number of nitrogens with one attached hydrogen (secondary N) is 1. The summed E-state index contributed by atoms with van der Waals surface area (Å²) in [5.41, 5.74) is 0. The molecule has 9 heteroatoms. The molecule has 0 radical (unpaired) electrons. The van der Waals surface area contributed by atoms with Gasteiger partial charge in [-0.1, -0.05) is 12.1 Å². The maximum atomic E-state index is 13.3. The molecule has 27 heavy (non-hydrogen) atoms. The lowest BCUT2D eigenvalue weighted by molar-refractivity contribution is -0.123. The summed E-state index contributed by atoms with van der Waals surface area (Å²) in [6.45, 7) is 3.61. The van der Waals surface area contributed by atoms with Crippen LogP contribution in [-0.4, -0.2) is 56.3 Å². The Labute approximate surface area is 162 Å². The van der Waals surface area contributed by atoms with Crippen LogP contribution in [0.15, 0.2) is 46.7 Å². The minimum absolute atomic E-state index is 0.0431. The van der Waals surface area contributed by atoms with Crippen molar-refractivity contribution in [2.24, 2.45) is 0 Å². The van der Waals surface area contributed by atoms with Gasteiger partial charge in [-0.15, -0.1) is 11.3 Å². The topological polar surface area (TPSA) is 69.7 Å². The number of hydrogen-bond donors (Lipinski definition) is 1. The van der Waals surface area contributed by atoms with Crippen LogP contribution in [0.1, 0.15) is 17.8 Å². The molecule has 0 aliphatic carbocycles. The van der Waals surface area contributed by atoms with E-state index in [1.54, 1.807) is 11.3 Å². The number of sulfonamides is 1. The third-order valence-corrected chi connectivity index (χ3v) is 7.43. The van der Waals surface area contributed by atoms with Crippen LogP contribution in [0.5, 0.6) is 0 Å². The highest BCUT2D eigenvalue weighted by Crippen LogP contribution is 2.19. The molecule has 1 atom stereocenters. The molecule has 6 nitrogen and oxygen atoms in total. The number of thiophene rings is 1. The summed E-state index contributed by atoms with van der Waals surface area (Å²) < 4.78 is 39.9. The molecule has 1 N–H and O–H groups in total. The van der Waals surface area contributed by atoms with E-state index in [1.165, 1.54) is 22.5 Å². The summed E-state index contributed by atoms with van der Waals surface area (Å²) >= 11 is 1.59. The van der Waals surface area contributed by atoms with E-state index in [2.05, 4.69) is 5.32 Å². The predicted molar refractivity (Wildman–Crippen MR) is 102 cm³/mol. The van der Waals surface area contributed by atoms with Crippen molar-refractivity contribution in [1.82, 2.24) is 14.5 Å². The fraction of sp³-hybridized carbons (Fsp3) is 0.389. The number of carbonyl (C=O) groups excluding carboxylic acids is 1. The second kappa shape index (κ2) is 8.47. The normalized spacial score (nSPS) is 17.6. The summed E-state index contributed by atoms with van der Waals surface area (Å²) in [5, 5.41) is 4.93. The van der Waals surface area contributed by atoms with E-state index in [1.807, 2.05) is 29.3 Å². The molecule has 3 rings (SSSR count). The lowest BCUT2D eigenvalue weighted by Crippen LogP contribution is -2.51. The molecule has 1 fully saturated rings. The summed E-state index contributed by atoms with van der Waals surface area (Å²) in [6, 6.07) is 8.90. The molecule has 2 heterocycles. The van der Waals surface area contributed by atoms with Crippen molar-refractivity contribution in [2.45, 2.75) is 17.9 Å². The molecule has 1 aromatic heterocycles. The van der Waals surface area contributed by atoms with Crippen molar-refractivity contribution < 1.29 is 17.6 Å². The monoisotopic (exact) mass is 411 g/mol. The molecule has 2 aromatic rings. The maximum absolute atomic E-state index is 13.3. The Morgan fingerprint density at radius 1 is 1.22 bits per heavy atom. The van der Waals surface area contributed by atoms with Crippen LogP contribution in [-0.2, 0) is 14.8 Å². The van der Waals surface area contributed by atoms with Gasteiger partial charge < -0.3 is 5.32 Å². The van der Waals surface area contributed by atoms with Crippen molar-refractivity contribution in [3.05, 3.63) is 52.5 Å². The number of amides is 1. The number of nitrogens with zero attached hydrogens (tertiary/aromatic N) is 2. The van der Waals surface area contributed by atoms with E-state index in [0.717, 1.165) is 10.9 Å². The fourth-order valence-electron chi connectivity index (χ4n) is 3.00. The van der Waals surface area contributed by atoms with Gasteiger partial charge in [0, 0.05) is 31.1 Å². The van der Waals surface area contributed by atoms with Crippen molar-refractivity contribution in [3.8, 4) is 0 Å². The van der Waals surface area contributed by atoms with Gasteiger partial charge >= 0.3 is 0 Å². The van der Waals surface area contributed by atoms with E-state index >= 15 is 0 Å².